The van der Waals surface area contributed by atoms with E-state index in [1.54, 1.807) is 0 Å². The van der Waals surface area contributed by atoms with Crippen molar-refractivity contribution in [3.05, 3.63) is 29.3 Å². The van der Waals surface area contributed by atoms with E-state index in [9.17, 15) is 9.59 Å². The first-order valence-electron chi connectivity index (χ1n) is 6.52. The number of carbonyl (C=O) groups is 2. The van der Waals surface area contributed by atoms with Gasteiger partial charge in [-0.15, -0.1) is 0 Å². The molecule has 0 aliphatic carbocycles. The Bertz CT molecular complexity index is 449. The third-order valence-electron chi connectivity index (χ3n) is 2.82. The highest BCUT2D eigenvalue weighted by Crippen LogP contribution is 2.15. The maximum absolute atomic E-state index is 11.4. The lowest BCUT2D eigenvalue weighted by molar-refractivity contribution is -0.109. The minimum Gasteiger partial charge on any atom is -0.473 e. The normalized spacial score (nSPS) is 9.70. The Kier molecular flexibility index (Phi) is 6.95. The lowest BCUT2D eigenvalue weighted by atomic mass is 10.1. The molecule has 0 saturated heterocycles. The maximum atomic E-state index is 11.4. The predicted octanol–water partition coefficient (Wildman–Crippen LogP) is 1.08. The Labute approximate surface area is 118 Å². The quantitative estimate of drug-likeness (QED) is 0.378. The number of amides is 3. The molecule has 0 saturated carbocycles. The number of nitrogens with one attached hydrogen (secondary N) is 3. The third kappa shape index (κ3) is 6.08. The van der Waals surface area contributed by atoms with Crippen molar-refractivity contribution in [1.29, 1.82) is 0 Å². The maximum Gasteiger partial charge on any atom is 0.317 e. The molecule has 3 amide bonds. The molecule has 0 unspecified atom stereocenters. The van der Waals surface area contributed by atoms with Crippen LogP contribution in [0.1, 0.15) is 17.5 Å². The lowest BCUT2D eigenvalue weighted by Gasteiger charge is -2.10. The van der Waals surface area contributed by atoms with Crippen molar-refractivity contribution in [2.75, 3.05) is 19.8 Å². The molecule has 0 spiro atoms. The largest absolute Gasteiger partial charge is 0.473 e. The molecule has 0 bridgehead atoms. The van der Waals surface area contributed by atoms with Crippen molar-refractivity contribution in [2.24, 2.45) is 0 Å². The molecule has 1 rings (SSSR count). The van der Waals surface area contributed by atoms with Crippen molar-refractivity contribution >= 4 is 12.4 Å². The standard InChI is InChI=1S/C14H21N3O3/c1-11-4-5-13(8-12(11)2)20-10-17-14(19)16-7-3-6-15-9-18/h4-5,8-9H,3,6-7,10H2,1-2H3,(H,15,18)(H2,16,17,19). The highest BCUT2D eigenvalue weighted by Gasteiger charge is 2.00. The number of ether oxygens (including phenoxy) is 1. The zero-order chi connectivity index (χ0) is 14.8. The molecule has 0 radical (unpaired) electrons. The number of hydrogen-bond donors (Lipinski definition) is 3. The molecule has 1 aromatic carbocycles. The fourth-order valence-electron chi connectivity index (χ4n) is 1.50. The van der Waals surface area contributed by atoms with E-state index in [1.165, 1.54) is 5.56 Å². The van der Waals surface area contributed by atoms with Crippen LogP contribution in [0, 0.1) is 13.8 Å². The van der Waals surface area contributed by atoms with Gasteiger partial charge in [0.15, 0.2) is 6.73 Å². The van der Waals surface area contributed by atoms with Crippen LogP contribution in [0.15, 0.2) is 18.2 Å². The summed E-state index contributed by atoms with van der Waals surface area (Å²) in [5.41, 5.74) is 2.35. The van der Waals surface area contributed by atoms with Gasteiger partial charge >= 0.3 is 6.03 Å². The summed E-state index contributed by atoms with van der Waals surface area (Å²) in [6.45, 7) is 5.19. The van der Waals surface area contributed by atoms with Crippen molar-refractivity contribution in [2.45, 2.75) is 20.3 Å². The number of urea groups is 1. The first-order valence-corrected chi connectivity index (χ1v) is 6.52. The van der Waals surface area contributed by atoms with Crippen LogP contribution in [-0.2, 0) is 4.79 Å². The fraction of sp³-hybridized carbons (Fsp3) is 0.429. The molecule has 6 nitrogen and oxygen atoms in total. The molecule has 3 N–H and O–H groups in total. The number of hydrogen-bond acceptors (Lipinski definition) is 3. The fourth-order valence-corrected chi connectivity index (χ4v) is 1.50. The van der Waals surface area contributed by atoms with E-state index in [0.29, 0.717) is 25.9 Å². The monoisotopic (exact) mass is 279 g/mol. The highest BCUT2D eigenvalue weighted by atomic mass is 16.5. The van der Waals surface area contributed by atoms with Crippen LogP contribution in [0.3, 0.4) is 0 Å². The van der Waals surface area contributed by atoms with Crippen molar-refractivity contribution in [3.63, 3.8) is 0 Å². The van der Waals surface area contributed by atoms with Gasteiger partial charge in [-0.05, 0) is 43.5 Å². The van der Waals surface area contributed by atoms with Crippen molar-refractivity contribution in [1.82, 2.24) is 16.0 Å². The second kappa shape index (κ2) is 8.79. The summed E-state index contributed by atoms with van der Waals surface area (Å²) in [5.74, 6) is 0.726. The Balaban J connectivity index is 2.15. The molecule has 0 atom stereocenters. The molecule has 1 aromatic rings. The summed E-state index contributed by atoms with van der Waals surface area (Å²) >= 11 is 0. The van der Waals surface area contributed by atoms with Gasteiger partial charge in [0.25, 0.3) is 0 Å². The van der Waals surface area contributed by atoms with E-state index < -0.39 is 0 Å². The van der Waals surface area contributed by atoms with Gasteiger partial charge in [-0.2, -0.15) is 0 Å². The summed E-state index contributed by atoms with van der Waals surface area (Å²) in [7, 11) is 0. The van der Waals surface area contributed by atoms with Gasteiger partial charge in [-0.25, -0.2) is 4.79 Å². The van der Waals surface area contributed by atoms with Crippen molar-refractivity contribution < 1.29 is 14.3 Å². The van der Waals surface area contributed by atoms with E-state index in [0.717, 1.165) is 11.3 Å². The highest BCUT2D eigenvalue weighted by molar-refractivity contribution is 5.73. The average molecular weight is 279 g/mol. The topological polar surface area (TPSA) is 79.5 Å². The summed E-state index contributed by atoms with van der Waals surface area (Å²) in [5, 5.41) is 7.78. The van der Waals surface area contributed by atoms with Gasteiger partial charge in [0, 0.05) is 13.1 Å². The summed E-state index contributed by atoms with van der Waals surface area (Å²) < 4.78 is 5.43. The van der Waals surface area contributed by atoms with Gasteiger partial charge in [0.2, 0.25) is 6.41 Å². The number of rotatable bonds is 8. The van der Waals surface area contributed by atoms with Gasteiger partial charge in [0.05, 0.1) is 0 Å². The van der Waals surface area contributed by atoms with Crippen LogP contribution < -0.4 is 20.7 Å². The van der Waals surface area contributed by atoms with Gasteiger partial charge in [-0.3, -0.25) is 4.79 Å². The number of benzene rings is 1. The molecule has 0 aliphatic heterocycles. The molecule has 0 aromatic heterocycles. The van der Waals surface area contributed by atoms with Gasteiger partial charge in [-0.1, -0.05) is 6.07 Å². The SMILES string of the molecule is Cc1ccc(OCNC(=O)NCCCNC=O)cc1C. The lowest BCUT2D eigenvalue weighted by Crippen LogP contribution is -2.38. The average Bonchev–Trinajstić information content (AvgIpc) is 2.42. The van der Waals surface area contributed by atoms with Crippen LogP contribution in [0.2, 0.25) is 0 Å². The zero-order valence-corrected chi connectivity index (χ0v) is 11.9. The summed E-state index contributed by atoms with van der Waals surface area (Å²) in [4.78, 5) is 21.4. The molecule has 0 heterocycles. The Morgan fingerprint density at radius 1 is 1.20 bits per heavy atom. The second-order valence-electron chi connectivity index (χ2n) is 4.39. The van der Waals surface area contributed by atoms with Crippen LogP contribution in [0.5, 0.6) is 5.75 Å². The summed E-state index contributed by atoms with van der Waals surface area (Å²) in [6, 6.07) is 5.48. The summed E-state index contributed by atoms with van der Waals surface area (Å²) in [6.07, 6.45) is 1.32. The molecule has 20 heavy (non-hydrogen) atoms. The van der Waals surface area contributed by atoms with Crippen LogP contribution >= 0.6 is 0 Å². The number of carbonyl (C=O) groups excluding carboxylic acids is 2. The minimum absolute atomic E-state index is 0.112. The molecular formula is C14H21N3O3. The second-order valence-corrected chi connectivity index (χ2v) is 4.39. The molecule has 0 fully saturated rings. The molecular weight excluding hydrogens is 258 g/mol. The van der Waals surface area contributed by atoms with Crippen LogP contribution in [0.4, 0.5) is 4.79 Å². The van der Waals surface area contributed by atoms with Gasteiger partial charge < -0.3 is 20.7 Å². The Hall–Kier alpha value is -2.24. The number of aryl methyl sites for hydroxylation is 2. The van der Waals surface area contributed by atoms with Gasteiger partial charge in [0.1, 0.15) is 5.75 Å². The molecule has 6 heteroatoms. The third-order valence-corrected chi connectivity index (χ3v) is 2.82. The van der Waals surface area contributed by atoms with E-state index in [2.05, 4.69) is 16.0 Å². The Morgan fingerprint density at radius 3 is 2.70 bits per heavy atom. The zero-order valence-electron chi connectivity index (χ0n) is 11.9. The van der Waals surface area contributed by atoms with Crippen LogP contribution in [-0.4, -0.2) is 32.3 Å². The first kappa shape index (κ1) is 15.8. The molecule has 110 valence electrons. The van der Waals surface area contributed by atoms with E-state index in [-0.39, 0.29) is 12.8 Å². The minimum atomic E-state index is -0.292. The van der Waals surface area contributed by atoms with Crippen molar-refractivity contribution in [3.8, 4) is 5.75 Å². The van der Waals surface area contributed by atoms with E-state index >= 15 is 0 Å². The predicted molar refractivity (Wildman–Crippen MR) is 76.6 cm³/mol. The Morgan fingerprint density at radius 2 is 2.00 bits per heavy atom. The first-order chi connectivity index (χ1) is 9.63. The smallest absolute Gasteiger partial charge is 0.317 e. The van der Waals surface area contributed by atoms with E-state index in [4.69, 9.17) is 4.74 Å². The van der Waals surface area contributed by atoms with E-state index in [1.807, 2.05) is 32.0 Å². The molecule has 0 aliphatic rings. The van der Waals surface area contributed by atoms with Crippen LogP contribution in [0.25, 0.3) is 0 Å².